The second kappa shape index (κ2) is 10.7. The Kier molecular flexibility index (Phi) is 7.50. The lowest BCUT2D eigenvalue weighted by Crippen LogP contribution is -3.14. The van der Waals surface area contributed by atoms with Crippen LogP contribution < -0.4 is 24.8 Å². The fraction of sp³-hybridized carbons (Fsp3) is 0.321. The molecule has 0 unspecified atom stereocenters. The summed E-state index contributed by atoms with van der Waals surface area (Å²) in [6.07, 6.45) is 1.53. The van der Waals surface area contributed by atoms with Crippen LogP contribution in [-0.2, 0) is 10.4 Å². The van der Waals surface area contributed by atoms with Gasteiger partial charge in [0.15, 0.2) is 6.54 Å². The van der Waals surface area contributed by atoms with E-state index in [0.717, 1.165) is 37.1 Å². The first-order valence-electron chi connectivity index (χ1n) is 11.7. The number of methoxy groups -OCH3 is 2. The normalized spacial score (nSPS) is 18.2. The number of amides is 1. The molecule has 0 saturated carbocycles. The van der Waals surface area contributed by atoms with Gasteiger partial charge in [-0.25, -0.2) is 0 Å². The highest BCUT2D eigenvalue weighted by Gasteiger charge is 2.35. The molecule has 1 aliphatic rings. The van der Waals surface area contributed by atoms with Gasteiger partial charge in [-0.2, -0.15) is 0 Å². The fourth-order valence-corrected chi connectivity index (χ4v) is 4.94. The van der Waals surface area contributed by atoms with Crippen LogP contribution in [0.5, 0.6) is 11.5 Å². The quantitative estimate of drug-likeness (QED) is 0.541. The van der Waals surface area contributed by atoms with Gasteiger partial charge in [-0.3, -0.25) is 4.79 Å². The van der Waals surface area contributed by atoms with E-state index < -0.39 is 5.60 Å². The summed E-state index contributed by atoms with van der Waals surface area (Å²) < 4.78 is 10.6. The van der Waals surface area contributed by atoms with Gasteiger partial charge in [0.2, 0.25) is 0 Å². The van der Waals surface area contributed by atoms with Crippen molar-refractivity contribution in [3.63, 3.8) is 0 Å². The molecule has 2 N–H and O–H groups in total. The predicted molar refractivity (Wildman–Crippen MR) is 130 cm³/mol. The van der Waals surface area contributed by atoms with Gasteiger partial charge in [-0.15, -0.1) is 0 Å². The minimum Gasteiger partial charge on any atom is -0.842 e. The molecule has 3 aromatic rings. The van der Waals surface area contributed by atoms with Crippen molar-refractivity contribution in [1.82, 2.24) is 0 Å². The van der Waals surface area contributed by atoms with Crippen LogP contribution in [-0.4, -0.2) is 39.8 Å². The largest absolute Gasteiger partial charge is 0.842 e. The lowest BCUT2D eigenvalue weighted by molar-refractivity contribution is -0.899. The summed E-state index contributed by atoms with van der Waals surface area (Å²) in [6, 6.07) is 24.7. The Labute approximate surface area is 201 Å². The summed E-state index contributed by atoms with van der Waals surface area (Å²) in [4.78, 5) is 13.9. The number of anilines is 1. The minimum atomic E-state index is -1.30. The predicted octanol–water partition coefficient (Wildman–Crippen LogP) is 2.24. The van der Waals surface area contributed by atoms with Crippen LogP contribution >= 0.6 is 0 Å². The van der Waals surface area contributed by atoms with Gasteiger partial charge in [0.25, 0.3) is 5.91 Å². The van der Waals surface area contributed by atoms with E-state index in [1.807, 2.05) is 60.7 Å². The first-order valence-corrected chi connectivity index (χ1v) is 11.7. The topological polar surface area (TPSA) is 75.1 Å². The van der Waals surface area contributed by atoms with Gasteiger partial charge < -0.3 is 24.8 Å². The summed E-state index contributed by atoms with van der Waals surface area (Å²) in [5.41, 5.74) is 0.930. The second-order valence-electron chi connectivity index (χ2n) is 8.78. The number of piperidine rings is 1. The van der Waals surface area contributed by atoms with Crippen molar-refractivity contribution in [2.45, 2.75) is 18.4 Å². The van der Waals surface area contributed by atoms with Gasteiger partial charge in [0.1, 0.15) is 11.5 Å². The first kappa shape index (κ1) is 23.8. The Hall–Kier alpha value is -3.35. The van der Waals surface area contributed by atoms with E-state index in [0.29, 0.717) is 23.7 Å². The summed E-state index contributed by atoms with van der Waals surface area (Å²) >= 11 is 0. The summed E-state index contributed by atoms with van der Waals surface area (Å²) in [7, 11) is 3.15. The van der Waals surface area contributed by atoms with Crippen LogP contribution in [0, 0.1) is 5.92 Å². The standard InChI is InChI=1S/C28H31N2O4/c1-33-24-13-14-25(26(19-24)34-2)29-27(31)20-30-17-15-23(16-18-30)28(32,21-9-5-3-6-10-21)22-11-7-4-8-12-22/h3-14,19,23H,15-18,20H2,1-2H3,(H,29,31)/q-1/p+1. The Morgan fingerprint density at radius 1 is 0.941 bits per heavy atom. The number of ether oxygens (including phenoxy) is 2. The van der Waals surface area contributed by atoms with Crippen molar-refractivity contribution in [1.29, 1.82) is 0 Å². The monoisotopic (exact) mass is 460 g/mol. The lowest BCUT2D eigenvalue weighted by atomic mass is 9.72. The zero-order chi connectivity index (χ0) is 24.0. The molecule has 178 valence electrons. The molecule has 0 aliphatic carbocycles. The highest BCUT2D eigenvalue weighted by atomic mass is 16.5. The highest BCUT2D eigenvalue weighted by Crippen LogP contribution is 2.38. The summed E-state index contributed by atoms with van der Waals surface area (Å²) in [5.74, 6) is 1.12. The third kappa shape index (κ3) is 5.08. The van der Waals surface area contributed by atoms with Crippen molar-refractivity contribution >= 4 is 11.6 Å². The van der Waals surface area contributed by atoms with E-state index >= 15 is 0 Å². The number of hydrogen-bond donors (Lipinski definition) is 2. The van der Waals surface area contributed by atoms with Gasteiger partial charge in [-0.05, 0) is 30.9 Å². The van der Waals surface area contributed by atoms with E-state index in [9.17, 15) is 9.90 Å². The van der Waals surface area contributed by atoms with E-state index in [-0.39, 0.29) is 11.8 Å². The second-order valence-corrected chi connectivity index (χ2v) is 8.78. The van der Waals surface area contributed by atoms with Crippen molar-refractivity contribution in [3.8, 4) is 11.5 Å². The Morgan fingerprint density at radius 3 is 2.06 bits per heavy atom. The van der Waals surface area contributed by atoms with E-state index in [4.69, 9.17) is 9.47 Å². The maximum atomic E-state index is 14.4. The zero-order valence-electron chi connectivity index (χ0n) is 19.8. The van der Waals surface area contributed by atoms with E-state index in [1.54, 1.807) is 32.4 Å². The molecule has 0 radical (unpaired) electrons. The number of nitrogens with one attached hydrogen (secondary N) is 2. The van der Waals surface area contributed by atoms with Crippen molar-refractivity contribution in [2.24, 2.45) is 5.92 Å². The van der Waals surface area contributed by atoms with E-state index in [1.165, 1.54) is 4.90 Å². The number of carbonyl (C=O) groups excluding carboxylic acids is 1. The fourth-order valence-electron chi connectivity index (χ4n) is 4.94. The van der Waals surface area contributed by atoms with Crippen LogP contribution in [0.25, 0.3) is 0 Å². The Balaban J connectivity index is 1.42. The maximum absolute atomic E-state index is 14.4. The number of benzene rings is 3. The number of hydrogen-bond acceptors (Lipinski definition) is 4. The molecule has 6 nitrogen and oxygen atoms in total. The zero-order valence-corrected chi connectivity index (χ0v) is 19.8. The minimum absolute atomic E-state index is 0.0363. The van der Waals surface area contributed by atoms with Crippen LogP contribution in [0.15, 0.2) is 78.9 Å². The van der Waals surface area contributed by atoms with Gasteiger partial charge >= 0.3 is 0 Å². The molecular weight excluding hydrogens is 428 g/mol. The molecule has 1 aliphatic heterocycles. The molecule has 4 rings (SSSR count). The van der Waals surface area contributed by atoms with Crippen molar-refractivity contribution in [3.05, 3.63) is 90.0 Å². The van der Waals surface area contributed by atoms with Gasteiger partial charge in [-0.1, -0.05) is 77.4 Å². The molecule has 1 saturated heterocycles. The summed E-state index contributed by atoms with van der Waals surface area (Å²) in [5, 5.41) is 17.4. The van der Waals surface area contributed by atoms with E-state index in [2.05, 4.69) is 5.32 Å². The first-order chi connectivity index (χ1) is 16.5. The van der Waals surface area contributed by atoms with Crippen LogP contribution in [0.2, 0.25) is 0 Å². The van der Waals surface area contributed by atoms with Crippen molar-refractivity contribution < 1.29 is 24.3 Å². The number of carbonyl (C=O) groups is 1. The van der Waals surface area contributed by atoms with Gasteiger partial charge in [0, 0.05) is 6.07 Å². The number of likely N-dealkylation sites (tertiary alicyclic amines) is 1. The maximum Gasteiger partial charge on any atom is 0.279 e. The number of rotatable bonds is 8. The van der Waals surface area contributed by atoms with Crippen molar-refractivity contribution in [2.75, 3.05) is 39.2 Å². The molecule has 1 fully saturated rings. The molecular formula is C28H32N2O4. The number of quaternary nitrogens is 1. The molecule has 0 atom stereocenters. The smallest absolute Gasteiger partial charge is 0.279 e. The highest BCUT2D eigenvalue weighted by molar-refractivity contribution is 5.93. The summed E-state index contributed by atoms with van der Waals surface area (Å²) in [6.45, 7) is 1.91. The van der Waals surface area contributed by atoms with Crippen LogP contribution in [0.3, 0.4) is 0 Å². The van der Waals surface area contributed by atoms with Crippen LogP contribution in [0.1, 0.15) is 24.0 Å². The van der Waals surface area contributed by atoms with Crippen LogP contribution in [0.4, 0.5) is 5.69 Å². The third-order valence-corrected chi connectivity index (χ3v) is 6.77. The Bertz CT molecular complexity index is 1040. The molecule has 6 heteroatoms. The molecule has 1 amide bonds. The molecule has 0 aromatic heterocycles. The van der Waals surface area contributed by atoms with Gasteiger partial charge in [0.05, 0.1) is 33.0 Å². The molecule has 0 spiro atoms. The lowest BCUT2D eigenvalue weighted by Gasteiger charge is -2.50. The average Bonchev–Trinajstić information content (AvgIpc) is 2.90. The Morgan fingerprint density at radius 2 is 1.53 bits per heavy atom. The average molecular weight is 461 g/mol. The molecule has 34 heavy (non-hydrogen) atoms. The molecule has 3 aromatic carbocycles. The SMILES string of the molecule is COc1ccc(NC(=O)C[NH+]2CCC(C([O-])(c3ccccc3)c3ccccc3)CC2)c(OC)c1. The molecule has 0 bridgehead atoms. The third-order valence-electron chi connectivity index (χ3n) is 6.77. The molecule has 1 heterocycles.